The molecule has 0 rings (SSSR count). The highest BCUT2D eigenvalue weighted by atomic mass is 127. The van der Waals surface area contributed by atoms with Gasteiger partial charge >= 0.3 is 0 Å². The van der Waals surface area contributed by atoms with Crippen molar-refractivity contribution in [2.45, 2.75) is 20.3 Å². The number of terminal acetylenes is 1. The molecule has 0 radical (unpaired) electrons. The SMILES string of the molecule is C#CC(/C=C(\C=C)C(C)CCI)=C/C. The third-order valence-corrected chi connectivity index (χ3v) is 2.77. The van der Waals surface area contributed by atoms with Crippen LogP contribution in [0.2, 0.25) is 0 Å². The normalized spacial score (nSPS) is 14.7. The van der Waals surface area contributed by atoms with Crippen molar-refractivity contribution in [3.05, 3.63) is 36.0 Å². The standard InChI is InChI=1S/C13H17I/c1-5-12(6-2)10-13(7-3)11(4)8-9-14/h1,6-7,10-11H,3,8-9H2,2,4H3/b12-6-,13-10+. The summed E-state index contributed by atoms with van der Waals surface area (Å²) in [5, 5.41) is 0. The molecule has 0 aliphatic carbocycles. The number of halogens is 1. The average Bonchev–Trinajstić information content (AvgIpc) is 2.20. The minimum absolute atomic E-state index is 0.535. The van der Waals surface area contributed by atoms with Gasteiger partial charge in [-0.15, -0.1) is 6.42 Å². The van der Waals surface area contributed by atoms with Gasteiger partial charge < -0.3 is 0 Å². The molecule has 0 saturated heterocycles. The van der Waals surface area contributed by atoms with Gasteiger partial charge in [0.2, 0.25) is 0 Å². The third-order valence-electron chi connectivity index (χ3n) is 2.15. The second-order valence-corrected chi connectivity index (χ2v) is 4.19. The predicted molar refractivity (Wildman–Crippen MR) is 73.5 cm³/mol. The van der Waals surface area contributed by atoms with E-state index in [4.69, 9.17) is 6.42 Å². The quantitative estimate of drug-likeness (QED) is 0.310. The molecule has 0 aromatic rings. The van der Waals surface area contributed by atoms with Crippen LogP contribution < -0.4 is 0 Å². The van der Waals surface area contributed by atoms with Gasteiger partial charge in [0.1, 0.15) is 0 Å². The summed E-state index contributed by atoms with van der Waals surface area (Å²) >= 11 is 2.39. The molecule has 1 unspecified atom stereocenters. The largest absolute Gasteiger partial charge is 0.115 e. The Morgan fingerprint density at radius 2 is 2.29 bits per heavy atom. The van der Waals surface area contributed by atoms with Gasteiger partial charge in [-0.1, -0.05) is 54.2 Å². The first-order valence-electron chi connectivity index (χ1n) is 4.72. The highest BCUT2D eigenvalue weighted by Gasteiger charge is 2.04. The number of alkyl halides is 1. The maximum absolute atomic E-state index is 5.36. The molecule has 76 valence electrons. The first-order chi connectivity index (χ1) is 6.69. The van der Waals surface area contributed by atoms with E-state index in [1.807, 2.05) is 25.2 Å². The van der Waals surface area contributed by atoms with Crippen LogP contribution in [-0.2, 0) is 0 Å². The molecular formula is C13H17I. The number of hydrogen-bond acceptors (Lipinski definition) is 0. The maximum Gasteiger partial charge on any atom is 0.0202 e. The minimum Gasteiger partial charge on any atom is -0.115 e. The molecule has 0 amide bonds. The lowest BCUT2D eigenvalue weighted by Crippen LogP contribution is -1.98. The fourth-order valence-corrected chi connectivity index (χ4v) is 2.05. The fourth-order valence-electron chi connectivity index (χ4n) is 1.12. The molecule has 0 fully saturated rings. The van der Waals surface area contributed by atoms with Gasteiger partial charge in [0.15, 0.2) is 0 Å². The van der Waals surface area contributed by atoms with Crippen molar-refractivity contribution in [2.75, 3.05) is 4.43 Å². The van der Waals surface area contributed by atoms with E-state index in [9.17, 15) is 0 Å². The fraction of sp³-hybridized carbons (Fsp3) is 0.385. The van der Waals surface area contributed by atoms with E-state index in [1.165, 1.54) is 12.0 Å². The lowest BCUT2D eigenvalue weighted by Gasteiger charge is -2.10. The summed E-state index contributed by atoms with van der Waals surface area (Å²) in [6.45, 7) is 7.98. The Morgan fingerprint density at radius 1 is 1.64 bits per heavy atom. The van der Waals surface area contributed by atoms with E-state index in [-0.39, 0.29) is 0 Å². The molecule has 0 bridgehead atoms. The second kappa shape index (κ2) is 7.87. The van der Waals surface area contributed by atoms with Crippen molar-refractivity contribution in [1.82, 2.24) is 0 Å². The van der Waals surface area contributed by atoms with E-state index in [0.29, 0.717) is 5.92 Å². The zero-order valence-corrected chi connectivity index (χ0v) is 11.0. The maximum atomic E-state index is 5.36. The summed E-state index contributed by atoms with van der Waals surface area (Å²) < 4.78 is 1.16. The summed E-state index contributed by atoms with van der Waals surface area (Å²) in [7, 11) is 0. The average molecular weight is 300 g/mol. The van der Waals surface area contributed by atoms with Crippen molar-refractivity contribution < 1.29 is 0 Å². The van der Waals surface area contributed by atoms with Crippen LogP contribution in [0.15, 0.2) is 36.0 Å². The molecule has 0 aliphatic rings. The monoisotopic (exact) mass is 300 g/mol. The van der Waals surface area contributed by atoms with E-state index in [0.717, 1.165) is 10.0 Å². The predicted octanol–water partition coefficient (Wildman–Crippen LogP) is 4.14. The Bertz CT molecular complexity index is 276. The third kappa shape index (κ3) is 4.66. The highest BCUT2D eigenvalue weighted by Crippen LogP contribution is 2.18. The lowest BCUT2D eigenvalue weighted by molar-refractivity contribution is 0.682. The van der Waals surface area contributed by atoms with E-state index in [2.05, 4.69) is 42.0 Å². The van der Waals surface area contributed by atoms with Crippen LogP contribution >= 0.6 is 22.6 Å². The number of allylic oxidation sites excluding steroid dienone is 5. The van der Waals surface area contributed by atoms with Crippen molar-refractivity contribution >= 4 is 22.6 Å². The van der Waals surface area contributed by atoms with Crippen LogP contribution in [-0.4, -0.2) is 4.43 Å². The Kier molecular flexibility index (Phi) is 7.60. The first-order valence-corrected chi connectivity index (χ1v) is 6.25. The van der Waals surface area contributed by atoms with Crippen molar-refractivity contribution in [1.29, 1.82) is 0 Å². The molecule has 0 nitrogen and oxygen atoms in total. The van der Waals surface area contributed by atoms with Crippen molar-refractivity contribution in [3.63, 3.8) is 0 Å². The van der Waals surface area contributed by atoms with E-state index < -0.39 is 0 Å². The molecule has 0 aromatic heterocycles. The van der Waals surface area contributed by atoms with Gasteiger partial charge in [-0.25, -0.2) is 0 Å². The Morgan fingerprint density at radius 3 is 2.64 bits per heavy atom. The van der Waals surface area contributed by atoms with E-state index in [1.54, 1.807) is 0 Å². The first kappa shape index (κ1) is 13.5. The molecule has 14 heavy (non-hydrogen) atoms. The molecule has 1 atom stereocenters. The smallest absolute Gasteiger partial charge is 0.0202 e. The Labute approximate surface area is 101 Å². The summed E-state index contributed by atoms with van der Waals surface area (Å²) in [5.74, 6) is 3.18. The van der Waals surface area contributed by atoms with Crippen LogP contribution in [0.5, 0.6) is 0 Å². The van der Waals surface area contributed by atoms with Crippen LogP contribution in [0.3, 0.4) is 0 Å². The zero-order chi connectivity index (χ0) is 11.0. The zero-order valence-electron chi connectivity index (χ0n) is 8.89. The summed E-state index contributed by atoms with van der Waals surface area (Å²) in [6.07, 6.45) is 12.4. The van der Waals surface area contributed by atoms with Crippen molar-refractivity contribution in [3.8, 4) is 12.3 Å². The van der Waals surface area contributed by atoms with Gasteiger partial charge in [-0.3, -0.25) is 0 Å². The molecule has 0 N–H and O–H groups in total. The lowest BCUT2D eigenvalue weighted by atomic mass is 9.96. The molecule has 0 heterocycles. The summed E-state index contributed by atoms with van der Waals surface area (Å²) in [4.78, 5) is 0. The van der Waals surface area contributed by atoms with Gasteiger partial charge in [-0.05, 0) is 30.9 Å². The Hall–Kier alpha value is -0.490. The van der Waals surface area contributed by atoms with Gasteiger partial charge in [0.25, 0.3) is 0 Å². The van der Waals surface area contributed by atoms with Crippen LogP contribution in [0, 0.1) is 18.3 Å². The summed E-state index contributed by atoms with van der Waals surface area (Å²) in [5.41, 5.74) is 2.16. The summed E-state index contributed by atoms with van der Waals surface area (Å²) in [6, 6.07) is 0. The van der Waals surface area contributed by atoms with Crippen LogP contribution in [0.4, 0.5) is 0 Å². The van der Waals surface area contributed by atoms with E-state index >= 15 is 0 Å². The van der Waals surface area contributed by atoms with Gasteiger partial charge in [0, 0.05) is 10.0 Å². The van der Waals surface area contributed by atoms with Gasteiger partial charge in [-0.2, -0.15) is 0 Å². The Balaban J connectivity index is 4.71. The molecule has 1 heteroatoms. The molecule has 0 aromatic carbocycles. The van der Waals surface area contributed by atoms with Crippen molar-refractivity contribution in [2.24, 2.45) is 5.92 Å². The van der Waals surface area contributed by atoms with Crippen LogP contribution in [0.1, 0.15) is 20.3 Å². The molecule has 0 spiro atoms. The molecule has 0 aliphatic heterocycles. The minimum atomic E-state index is 0.535. The van der Waals surface area contributed by atoms with Crippen LogP contribution in [0.25, 0.3) is 0 Å². The topological polar surface area (TPSA) is 0 Å². The molecular weight excluding hydrogens is 283 g/mol. The highest BCUT2D eigenvalue weighted by molar-refractivity contribution is 14.1. The molecule has 0 saturated carbocycles. The van der Waals surface area contributed by atoms with Gasteiger partial charge in [0.05, 0.1) is 0 Å². The number of rotatable bonds is 5. The second-order valence-electron chi connectivity index (χ2n) is 3.12. The number of hydrogen-bond donors (Lipinski definition) is 0.